The maximum Gasteiger partial charge on any atom is 0.216 e. The third-order valence-electron chi connectivity index (χ3n) is 3.63. The molecule has 0 radical (unpaired) electrons. The van der Waals surface area contributed by atoms with Gasteiger partial charge in [-0.2, -0.15) is 0 Å². The Bertz CT molecular complexity index is 920. The van der Waals surface area contributed by atoms with Gasteiger partial charge in [-0.05, 0) is 52.1 Å². The first-order valence-corrected chi connectivity index (χ1v) is 9.17. The molecule has 1 aromatic heterocycles. The van der Waals surface area contributed by atoms with Crippen molar-refractivity contribution in [2.45, 2.75) is 18.7 Å². The maximum absolute atomic E-state index is 12.2. The highest BCUT2D eigenvalue weighted by atomic mass is 32.2. The van der Waals surface area contributed by atoms with Crippen LogP contribution in [0.3, 0.4) is 0 Å². The van der Waals surface area contributed by atoms with Gasteiger partial charge in [0.2, 0.25) is 10.0 Å². The van der Waals surface area contributed by atoms with Crippen LogP contribution in [-0.4, -0.2) is 25.3 Å². The second-order valence-electron chi connectivity index (χ2n) is 5.52. The van der Waals surface area contributed by atoms with Gasteiger partial charge in [-0.1, -0.05) is 30.3 Å². The van der Waals surface area contributed by atoms with Crippen LogP contribution in [0, 0.1) is 0 Å². The van der Waals surface area contributed by atoms with E-state index in [4.69, 9.17) is 5.73 Å². The number of aromatic nitrogens is 2. The lowest BCUT2D eigenvalue weighted by Gasteiger charge is -2.08. The van der Waals surface area contributed by atoms with E-state index < -0.39 is 10.0 Å². The molecule has 126 valence electrons. The Hall–Kier alpha value is -2.29. The van der Waals surface area contributed by atoms with Crippen molar-refractivity contribution in [3.63, 3.8) is 0 Å². The highest BCUT2D eigenvalue weighted by molar-refractivity contribution is 7.88. The first-order chi connectivity index (χ1) is 11.6. The highest BCUT2D eigenvalue weighted by Gasteiger charge is 2.13. The van der Waals surface area contributed by atoms with E-state index in [0.717, 1.165) is 17.5 Å². The summed E-state index contributed by atoms with van der Waals surface area (Å²) in [4.78, 5) is 0. The fraction of sp³-hybridized carbons (Fsp3) is 0.250. The molecule has 7 nitrogen and oxygen atoms in total. The molecule has 0 saturated heterocycles. The lowest BCUT2D eigenvalue weighted by Crippen LogP contribution is -2.24. The molecule has 0 aliphatic rings. The SMILES string of the molecule is NCCc1ccc(CNS(=O)(=O)Cc2ccc3nonc3c2)cc1. The van der Waals surface area contributed by atoms with Crippen LogP contribution in [0.5, 0.6) is 0 Å². The molecule has 0 amide bonds. The Balaban J connectivity index is 1.62. The Morgan fingerprint density at radius 3 is 2.38 bits per heavy atom. The number of hydrogen-bond acceptors (Lipinski definition) is 6. The summed E-state index contributed by atoms with van der Waals surface area (Å²) in [6.45, 7) is 0.844. The molecular weight excluding hydrogens is 328 g/mol. The summed E-state index contributed by atoms with van der Waals surface area (Å²) in [5.41, 5.74) is 9.31. The van der Waals surface area contributed by atoms with Crippen LogP contribution in [0.4, 0.5) is 0 Å². The molecule has 0 unspecified atom stereocenters. The minimum absolute atomic E-state index is 0.124. The summed E-state index contributed by atoms with van der Waals surface area (Å²) >= 11 is 0. The van der Waals surface area contributed by atoms with E-state index >= 15 is 0 Å². The van der Waals surface area contributed by atoms with E-state index in [1.54, 1.807) is 18.2 Å². The van der Waals surface area contributed by atoms with Crippen molar-refractivity contribution >= 4 is 21.1 Å². The monoisotopic (exact) mass is 346 g/mol. The summed E-state index contributed by atoms with van der Waals surface area (Å²) in [5, 5.41) is 7.41. The number of sulfonamides is 1. The van der Waals surface area contributed by atoms with Crippen molar-refractivity contribution in [3.05, 3.63) is 59.2 Å². The summed E-state index contributed by atoms with van der Waals surface area (Å²) < 4.78 is 31.7. The van der Waals surface area contributed by atoms with Gasteiger partial charge in [-0.15, -0.1) is 0 Å². The predicted octanol–water partition coefficient (Wildman–Crippen LogP) is 1.34. The number of rotatable bonds is 7. The summed E-state index contributed by atoms with van der Waals surface area (Å²) in [5.74, 6) is -0.124. The molecule has 3 rings (SSSR count). The average Bonchev–Trinajstić information content (AvgIpc) is 3.02. The number of fused-ring (bicyclic) bond motifs is 1. The summed E-state index contributed by atoms with van der Waals surface area (Å²) in [7, 11) is -3.45. The number of benzene rings is 2. The largest absolute Gasteiger partial charge is 0.330 e. The van der Waals surface area contributed by atoms with Crippen molar-refractivity contribution in [3.8, 4) is 0 Å². The van der Waals surface area contributed by atoms with Gasteiger partial charge >= 0.3 is 0 Å². The molecule has 8 heteroatoms. The molecule has 0 saturated carbocycles. The lowest BCUT2D eigenvalue weighted by atomic mass is 10.1. The number of hydrogen-bond donors (Lipinski definition) is 2. The Morgan fingerprint density at radius 2 is 1.62 bits per heavy atom. The molecule has 0 spiro atoms. The molecule has 2 aromatic carbocycles. The van der Waals surface area contributed by atoms with Crippen molar-refractivity contribution in [2.24, 2.45) is 5.73 Å². The first kappa shape index (κ1) is 16.6. The Labute approximate surface area is 139 Å². The Kier molecular flexibility index (Phi) is 4.89. The predicted molar refractivity (Wildman–Crippen MR) is 90.5 cm³/mol. The zero-order chi connectivity index (χ0) is 17.0. The fourth-order valence-corrected chi connectivity index (χ4v) is 3.48. The summed E-state index contributed by atoms with van der Waals surface area (Å²) in [6.07, 6.45) is 0.811. The normalized spacial score (nSPS) is 11.9. The standard InChI is InChI=1S/C16H18N4O3S/c17-8-7-12-1-3-13(4-2-12)10-18-24(21,22)11-14-5-6-15-16(9-14)20-23-19-15/h1-6,9,18H,7-8,10-11,17H2. The van der Waals surface area contributed by atoms with Crippen molar-refractivity contribution < 1.29 is 13.0 Å². The van der Waals surface area contributed by atoms with Gasteiger partial charge in [-0.3, -0.25) is 0 Å². The van der Waals surface area contributed by atoms with E-state index in [1.165, 1.54) is 0 Å². The number of nitrogens with one attached hydrogen (secondary N) is 1. The molecule has 0 aliphatic carbocycles. The zero-order valence-corrected chi connectivity index (χ0v) is 13.8. The lowest BCUT2D eigenvalue weighted by molar-refractivity contribution is 0.315. The molecule has 24 heavy (non-hydrogen) atoms. The topological polar surface area (TPSA) is 111 Å². The van der Waals surface area contributed by atoms with Crippen molar-refractivity contribution in [1.82, 2.24) is 15.0 Å². The van der Waals surface area contributed by atoms with Gasteiger partial charge in [0.15, 0.2) is 0 Å². The first-order valence-electron chi connectivity index (χ1n) is 7.52. The van der Waals surface area contributed by atoms with Gasteiger partial charge in [0, 0.05) is 6.54 Å². The highest BCUT2D eigenvalue weighted by Crippen LogP contribution is 2.14. The maximum atomic E-state index is 12.2. The van der Waals surface area contributed by atoms with Crippen LogP contribution in [0.1, 0.15) is 16.7 Å². The van der Waals surface area contributed by atoms with E-state index in [2.05, 4.69) is 19.7 Å². The number of nitrogens with zero attached hydrogens (tertiary/aromatic N) is 2. The molecular formula is C16H18N4O3S. The second-order valence-corrected chi connectivity index (χ2v) is 7.33. The zero-order valence-electron chi connectivity index (χ0n) is 13.0. The molecule has 0 bridgehead atoms. The van der Waals surface area contributed by atoms with Gasteiger partial charge < -0.3 is 5.73 Å². The minimum atomic E-state index is -3.45. The van der Waals surface area contributed by atoms with Gasteiger partial charge in [0.25, 0.3) is 0 Å². The third kappa shape index (κ3) is 4.16. The van der Waals surface area contributed by atoms with Gasteiger partial charge in [0.1, 0.15) is 11.0 Å². The molecule has 3 aromatic rings. The van der Waals surface area contributed by atoms with Crippen LogP contribution in [0.2, 0.25) is 0 Å². The average molecular weight is 346 g/mol. The van der Waals surface area contributed by atoms with E-state index in [0.29, 0.717) is 23.1 Å². The molecule has 0 atom stereocenters. The van der Waals surface area contributed by atoms with Crippen LogP contribution in [0.25, 0.3) is 11.0 Å². The fourth-order valence-electron chi connectivity index (χ4n) is 2.37. The second kappa shape index (κ2) is 7.08. The van der Waals surface area contributed by atoms with Crippen LogP contribution < -0.4 is 10.5 Å². The molecule has 0 fully saturated rings. The molecule has 1 heterocycles. The molecule has 3 N–H and O–H groups in total. The van der Waals surface area contributed by atoms with Crippen LogP contribution in [0.15, 0.2) is 47.1 Å². The van der Waals surface area contributed by atoms with Crippen molar-refractivity contribution in [1.29, 1.82) is 0 Å². The summed E-state index contributed by atoms with van der Waals surface area (Å²) in [6, 6.07) is 12.8. The number of nitrogens with two attached hydrogens (primary N) is 1. The van der Waals surface area contributed by atoms with Crippen molar-refractivity contribution in [2.75, 3.05) is 6.54 Å². The third-order valence-corrected chi connectivity index (χ3v) is 4.92. The van der Waals surface area contributed by atoms with Gasteiger partial charge in [-0.25, -0.2) is 17.8 Å². The van der Waals surface area contributed by atoms with E-state index in [-0.39, 0.29) is 12.3 Å². The van der Waals surface area contributed by atoms with Crippen LogP contribution in [-0.2, 0) is 28.7 Å². The van der Waals surface area contributed by atoms with Gasteiger partial charge in [0.05, 0.1) is 5.75 Å². The minimum Gasteiger partial charge on any atom is -0.330 e. The quantitative estimate of drug-likeness (QED) is 0.668. The molecule has 0 aliphatic heterocycles. The van der Waals surface area contributed by atoms with Crippen LogP contribution >= 0.6 is 0 Å². The van der Waals surface area contributed by atoms with E-state index in [9.17, 15) is 8.42 Å². The smallest absolute Gasteiger partial charge is 0.216 e. The Morgan fingerprint density at radius 1 is 0.958 bits per heavy atom. The van der Waals surface area contributed by atoms with E-state index in [1.807, 2.05) is 24.3 Å².